The van der Waals surface area contributed by atoms with Crippen LogP contribution in [0.4, 0.5) is 13.2 Å². The average molecular weight is 265 g/mol. The van der Waals surface area contributed by atoms with Gasteiger partial charge in [0.1, 0.15) is 0 Å². The third-order valence-electron chi connectivity index (χ3n) is 2.63. The maximum absolute atomic E-state index is 12.5. The Hall–Kier alpha value is -2.17. The normalized spacial score (nSPS) is 11.3. The third-order valence-corrected chi connectivity index (χ3v) is 2.63. The number of benzene rings is 1. The van der Waals surface area contributed by atoms with Crippen LogP contribution in [0.5, 0.6) is 0 Å². The summed E-state index contributed by atoms with van der Waals surface area (Å²) in [6.07, 6.45) is -1.31. The zero-order valence-electron chi connectivity index (χ0n) is 9.82. The number of nitrogens with zero attached hydrogens (tertiary/aromatic N) is 1. The highest BCUT2D eigenvalue weighted by atomic mass is 19.4. The van der Waals surface area contributed by atoms with Crippen molar-refractivity contribution in [1.82, 2.24) is 4.98 Å². The lowest BCUT2D eigenvalue weighted by molar-refractivity contribution is -0.137. The summed E-state index contributed by atoms with van der Waals surface area (Å²) in [6, 6.07) is 7.77. The van der Waals surface area contributed by atoms with E-state index in [1.807, 2.05) is 0 Å². The predicted molar refractivity (Wildman–Crippen MR) is 63.7 cm³/mol. The van der Waals surface area contributed by atoms with Crippen molar-refractivity contribution in [2.24, 2.45) is 0 Å². The number of aromatic nitrogens is 1. The van der Waals surface area contributed by atoms with Crippen LogP contribution in [-0.2, 0) is 12.6 Å². The number of rotatable bonds is 3. The van der Waals surface area contributed by atoms with E-state index < -0.39 is 11.7 Å². The van der Waals surface area contributed by atoms with Gasteiger partial charge in [0.05, 0.1) is 5.56 Å². The molecule has 0 fully saturated rings. The summed E-state index contributed by atoms with van der Waals surface area (Å²) >= 11 is 0. The Morgan fingerprint density at radius 3 is 2.42 bits per heavy atom. The van der Waals surface area contributed by atoms with E-state index in [4.69, 9.17) is 0 Å². The number of hydrogen-bond acceptors (Lipinski definition) is 2. The van der Waals surface area contributed by atoms with E-state index in [1.54, 1.807) is 12.1 Å². The SMILES string of the molecule is O=C(Cc1ccncc1)c1cccc(C(F)(F)F)c1. The van der Waals surface area contributed by atoms with E-state index in [1.165, 1.54) is 24.5 Å². The topological polar surface area (TPSA) is 30.0 Å². The first-order valence-corrected chi connectivity index (χ1v) is 5.56. The lowest BCUT2D eigenvalue weighted by Crippen LogP contribution is -2.09. The summed E-state index contributed by atoms with van der Waals surface area (Å²) in [5, 5.41) is 0. The number of halogens is 3. The van der Waals surface area contributed by atoms with Crippen LogP contribution in [0, 0.1) is 0 Å². The van der Waals surface area contributed by atoms with Crippen LogP contribution in [0.3, 0.4) is 0 Å². The minimum atomic E-state index is -4.44. The second-order valence-electron chi connectivity index (χ2n) is 4.03. The smallest absolute Gasteiger partial charge is 0.294 e. The first kappa shape index (κ1) is 13.3. The van der Waals surface area contributed by atoms with Gasteiger partial charge < -0.3 is 0 Å². The first-order valence-electron chi connectivity index (χ1n) is 5.56. The van der Waals surface area contributed by atoms with Crippen molar-refractivity contribution < 1.29 is 18.0 Å². The molecule has 0 saturated carbocycles. The average Bonchev–Trinajstić information content (AvgIpc) is 2.39. The molecule has 1 aromatic heterocycles. The third kappa shape index (κ3) is 3.40. The molecule has 19 heavy (non-hydrogen) atoms. The van der Waals surface area contributed by atoms with Crippen molar-refractivity contribution in [1.29, 1.82) is 0 Å². The molecule has 2 rings (SSSR count). The van der Waals surface area contributed by atoms with Gasteiger partial charge in [0.2, 0.25) is 0 Å². The highest BCUT2D eigenvalue weighted by molar-refractivity contribution is 5.97. The van der Waals surface area contributed by atoms with Crippen molar-refractivity contribution in [3.63, 3.8) is 0 Å². The monoisotopic (exact) mass is 265 g/mol. The van der Waals surface area contributed by atoms with Gasteiger partial charge in [0.15, 0.2) is 5.78 Å². The molecule has 0 spiro atoms. The molecule has 0 N–H and O–H groups in total. The Kier molecular flexibility index (Phi) is 3.64. The van der Waals surface area contributed by atoms with E-state index in [2.05, 4.69) is 4.98 Å². The maximum atomic E-state index is 12.5. The van der Waals surface area contributed by atoms with E-state index >= 15 is 0 Å². The van der Waals surface area contributed by atoms with Crippen LogP contribution >= 0.6 is 0 Å². The standard InChI is InChI=1S/C14H10F3NO/c15-14(16,17)12-3-1-2-11(9-12)13(19)8-10-4-6-18-7-5-10/h1-7,9H,8H2. The van der Waals surface area contributed by atoms with Crippen LogP contribution in [-0.4, -0.2) is 10.8 Å². The van der Waals surface area contributed by atoms with Gasteiger partial charge in [-0.15, -0.1) is 0 Å². The van der Waals surface area contributed by atoms with Crippen molar-refractivity contribution in [3.05, 3.63) is 65.5 Å². The van der Waals surface area contributed by atoms with Crippen molar-refractivity contribution in [3.8, 4) is 0 Å². The molecule has 0 aliphatic heterocycles. The summed E-state index contributed by atoms with van der Waals surface area (Å²) < 4.78 is 37.6. The molecule has 5 heteroatoms. The van der Waals surface area contributed by atoms with E-state index in [0.717, 1.165) is 17.7 Å². The van der Waals surface area contributed by atoms with Gasteiger partial charge in [-0.25, -0.2) is 0 Å². The zero-order chi connectivity index (χ0) is 13.9. The molecule has 0 amide bonds. The maximum Gasteiger partial charge on any atom is 0.416 e. The van der Waals surface area contributed by atoms with Gasteiger partial charge in [0.25, 0.3) is 0 Å². The quantitative estimate of drug-likeness (QED) is 0.795. The minimum Gasteiger partial charge on any atom is -0.294 e. The molecule has 0 aliphatic carbocycles. The summed E-state index contributed by atoms with van der Waals surface area (Å²) in [4.78, 5) is 15.7. The fourth-order valence-electron chi connectivity index (χ4n) is 1.66. The van der Waals surface area contributed by atoms with Gasteiger partial charge in [-0.05, 0) is 29.8 Å². The van der Waals surface area contributed by atoms with Crippen molar-refractivity contribution >= 4 is 5.78 Å². The Bertz CT molecular complexity index is 579. The molecule has 98 valence electrons. The van der Waals surface area contributed by atoms with Crippen LogP contribution in [0.2, 0.25) is 0 Å². The molecule has 0 atom stereocenters. The zero-order valence-corrected chi connectivity index (χ0v) is 9.82. The van der Waals surface area contributed by atoms with Crippen LogP contribution in [0.1, 0.15) is 21.5 Å². The summed E-state index contributed by atoms with van der Waals surface area (Å²) in [5.74, 6) is -0.350. The molecular formula is C14H10F3NO. The summed E-state index contributed by atoms with van der Waals surface area (Å²) in [6.45, 7) is 0. The number of hydrogen-bond donors (Lipinski definition) is 0. The molecule has 2 aromatic rings. The Balaban J connectivity index is 2.20. The summed E-state index contributed by atoms with van der Waals surface area (Å²) in [5.41, 5.74) is -0.0304. The van der Waals surface area contributed by atoms with Gasteiger partial charge in [-0.1, -0.05) is 12.1 Å². The van der Waals surface area contributed by atoms with Crippen LogP contribution in [0.25, 0.3) is 0 Å². The molecule has 1 heterocycles. The van der Waals surface area contributed by atoms with Crippen molar-refractivity contribution in [2.45, 2.75) is 12.6 Å². The van der Waals surface area contributed by atoms with Crippen LogP contribution in [0.15, 0.2) is 48.8 Å². The molecule has 0 saturated heterocycles. The molecule has 0 unspecified atom stereocenters. The lowest BCUT2D eigenvalue weighted by Gasteiger charge is -2.08. The molecular weight excluding hydrogens is 255 g/mol. The van der Waals surface area contributed by atoms with E-state index in [0.29, 0.717) is 0 Å². The highest BCUT2D eigenvalue weighted by Gasteiger charge is 2.30. The molecule has 0 aliphatic rings. The molecule has 0 bridgehead atoms. The molecule has 2 nitrogen and oxygen atoms in total. The van der Waals surface area contributed by atoms with E-state index in [-0.39, 0.29) is 17.8 Å². The molecule has 1 aromatic carbocycles. The second kappa shape index (κ2) is 5.22. The van der Waals surface area contributed by atoms with E-state index in [9.17, 15) is 18.0 Å². The van der Waals surface area contributed by atoms with Gasteiger partial charge >= 0.3 is 6.18 Å². The largest absolute Gasteiger partial charge is 0.416 e. The Labute approximate surface area is 107 Å². The van der Waals surface area contributed by atoms with Crippen molar-refractivity contribution in [2.75, 3.05) is 0 Å². The molecule has 0 radical (unpaired) electrons. The lowest BCUT2D eigenvalue weighted by atomic mass is 10.0. The highest BCUT2D eigenvalue weighted by Crippen LogP contribution is 2.29. The number of Topliss-reactive ketones (excluding diaryl/α,β-unsaturated/α-hetero) is 1. The van der Waals surface area contributed by atoms with Gasteiger partial charge in [-0.3, -0.25) is 9.78 Å². The number of carbonyl (C=O) groups is 1. The fourth-order valence-corrected chi connectivity index (χ4v) is 1.66. The first-order chi connectivity index (χ1) is 8.97. The Morgan fingerprint density at radius 2 is 1.79 bits per heavy atom. The number of carbonyl (C=O) groups excluding carboxylic acids is 1. The Morgan fingerprint density at radius 1 is 1.11 bits per heavy atom. The minimum absolute atomic E-state index is 0.0594. The fraction of sp³-hybridized carbons (Fsp3) is 0.143. The van der Waals surface area contributed by atoms with Gasteiger partial charge in [0, 0.05) is 24.4 Å². The number of pyridine rings is 1. The van der Waals surface area contributed by atoms with Gasteiger partial charge in [-0.2, -0.15) is 13.2 Å². The number of ketones is 1. The van der Waals surface area contributed by atoms with Crippen LogP contribution < -0.4 is 0 Å². The summed E-state index contributed by atoms with van der Waals surface area (Å²) in [7, 11) is 0. The predicted octanol–water partition coefficient (Wildman–Crippen LogP) is 3.53. The second-order valence-corrected chi connectivity index (χ2v) is 4.03. The number of alkyl halides is 3.